The van der Waals surface area contributed by atoms with Gasteiger partial charge in [0.2, 0.25) is 0 Å². The third kappa shape index (κ3) is 2.79. The van der Waals surface area contributed by atoms with Crippen molar-refractivity contribution >= 4 is 23.1 Å². The molecule has 0 aliphatic heterocycles. The lowest BCUT2D eigenvalue weighted by atomic mass is 9.84. The molecule has 1 heterocycles. The van der Waals surface area contributed by atoms with Crippen molar-refractivity contribution in [1.82, 2.24) is 10.3 Å². The molecular weight excluding hydrogens is 236 g/mol. The molecule has 1 aliphatic carbocycles. The van der Waals surface area contributed by atoms with Gasteiger partial charge in [0.15, 0.2) is 0 Å². The summed E-state index contributed by atoms with van der Waals surface area (Å²) < 4.78 is 0.531. The fourth-order valence-electron chi connectivity index (χ4n) is 2.04. The van der Waals surface area contributed by atoms with Gasteiger partial charge in [-0.15, -0.1) is 11.3 Å². The average Bonchev–Trinajstić information content (AvgIpc) is 2.70. The van der Waals surface area contributed by atoms with Crippen LogP contribution in [0, 0.1) is 0 Å². The highest BCUT2D eigenvalue weighted by molar-refractivity contribution is 8.00. The molecule has 1 aliphatic rings. The molecular formula is C12H20N2S2. The van der Waals surface area contributed by atoms with Crippen LogP contribution < -0.4 is 5.32 Å². The Kier molecular flexibility index (Phi) is 4.27. The van der Waals surface area contributed by atoms with Crippen molar-refractivity contribution in [2.45, 2.75) is 43.9 Å². The molecule has 0 unspecified atom stereocenters. The van der Waals surface area contributed by atoms with E-state index >= 15 is 0 Å². The summed E-state index contributed by atoms with van der Waals surface area (Å²) in [5.74, 6) is 0. The van der Waals surface area contributed by atoms with Crippen LogP contribution in [0.25, 0.3) is 0 Å². The maximum absolute atomic E-state index is 4.57. The van der Waals surface area contributed by atoms with Gasteiger partial charge >= 0.3 is 0 Å². The Bertz CT molecular complexity index is 326. The third-order valence-corrected chi connectivity index (χ3v) is 5.81. The number of aryl methyl sites for hydroxylation is 1. The fraction of sp³-hybridized carbons (Fsp3) is 0.750. The van der Waals surface area contributed by atoms with E-state index in [1.165, 1.54) is 30.0 Å². The number of hydrogen-bond donors (Lipinski definition) is 1. The number of hydrogen-bond acceptors (Lipinski definition) is 4. The molecule has 0 aromatic carbocycles. The first-order valence-corrected chi connectivity index (χ1v) is 8.07. The van der Waals surface area contributed by atoms with Gasteiger partial charge in [0, 0.05) is 23.2 Å². The molecule has 1 fully saturated rings. The maximum Gasteiger partial charge on any atom is 0.0926 e. The Hall–Kier alpha value is -0.0600. The van der Waals surface area contributed by atoms with E-state index < -0.39 is 0 Å². The Morgan fingerprint density at radius 2 is 2.38 bits per heavy atom. The van der Waals surface area contributed by atoms with Gasteiger partial charge in [0.1, 0.15) is 0 Å². The highest BCUT2D eigenvalue weighted by Gasteiger charge is 2.35. The zero-order valence-electron chi connectivity index (χ0n) is 10.1. The zero-order chi connectivity index (χ0) is 11.4. The standard InChI is InChI=1S/C12H20N2S2/c1-3-11-14-10(8-16-11)7-13-9-12(15-2)5-4-6-12/h8,13H,3-7,9H2,1-2H3. The molecule has 1 saturated carbocycles. The minimum absolute atomic E-state index is 0.531. The van der Waals surface area contributed by atoms with Crippen LogP contribution in [0.2, 0.25) is 0 Å². The van der Waals surface area contributed by atoms with Crippen molar-refractivity contribution in [3.8, 4) is 0 Å². The first-order chi connectivity index (χ1) is 7.78. The minimum Gasteiger partial charge on any atom is -0.310 e. The maximum atomic E-state index is 4.57. The van der Waals surface area contributed by atoms with E-state index in [2.05, 4.69) is 28.9 Å². The molecule has 1 aromatic rings. The molecule has 0 amide bonds. The summed E-state index contributed by atoms with van der Waals surface area (Å²) in [6, 6.07) is 0. The summed E-state index contributed by atoms with van der Waals surface area (Å²) in [5.41, 5.74) is 1.21. The second-order valence-corrected chi connectivity index (χ2v) is 6.65. The quantitative estimate of drug-likeness (QED) is 0.846. The summed E-state index contributed by atoms with van der Waals surface area (Å²) in [5, 5.41) is 6.99. The molecule has 4 heteroatoms. The lowest BCUT2D eigenvalue weighted by molar-refractivity contribution is 0.345. The van der Waals surface area contributed by atoms with Crippen molar-refractivity contribution in [1.29, 1.82) is 0 Å². The van der Waals surface area contributed by atoms with E-state index in [0.29, 0.717) is 4.75 Å². The Labute approximate surface area is 106 Å². The predicted molar refractivity (Wildman–Crippen MR) is 73.3 cm³/mol. The molecule has 2 nitrogen and oxygen atoms in total. The number of nitrogens with one attached hydrogen (secondary N) is 1. The van der Waals surface area contributed by atoms with Crippen LogP contribution in [0.3, 0.4) is 0 Å². The number of rotatable bonds is 6. The van der Waals surface area contributed by atoms with Crippen LogP contribution in [-0.4, -0.2) is 22.5 Å². The highest BCUT2D eigenvalue weighted by atomic mass is 32.2. The second-order valence-electron chi connectivity index (χ2n) is 4.43. The largest absolute Gasteiger partial charge is 0.310 e. The lowest BCUT2D eigenvalue weighted by Crippen LogP contribution is -2.43. The van der Waals surface area contributed by atoms with Crippen molar-refractivity contribution in [2.24, 2.45) is 0 Å². The van der Waals surface area contributed by atoms with E-state index in [4.69, 9.17) is 0 Å². The smallest absolute Gasteiger partial charge is 0.0926 e. The van der Waals surface area contributed by atoms with Gasteiger partial charge in [-0.25, -0.2) is 4.98 Å². The van der Waals surface area contributed by atoms with Crippen LogP contribution >= 0.6 is 23.1 Å². The summed E-state index contributed by atoms with van der Waals surface area (Å²) >= 11 is 3.80. The molecule has 0 bridgehead atoms. The summed E-state index contributed by atoms with van der Waals surface area (Å²) in [6.07, 6.45) is 7.44. The van der Waals surface area contributed by atoms with Gasteiger partial charge in [0.25, 0.3) is 0 Å². The normalized spacial score (nSPS) is 18.4. The van der Waals surface area contributed by atoms with E-state index in [0.717, 1.165) is 19.5 Å². The SMILES string of the molecule is CCc1nc(CNCC2(SC)CCC2)cs1. The van der Waals surface area contributed by atoms with Gasteiger partial charge in [-0.05, 0) is 25.5 Å². The van der Waals surface area contributed by atoms with Crippen LogP contribution in [0.5, 0.6) is 0 Å². The molecule has 0 atom stereocenters. The van der Waals surface area contributed by atoms with Crippen LogP contribution in [-0.2, 0) is 13.0 Å². The number of nitrogens with zero attached hydrogens (tertiary/aromatic N) is 1. The van der Waals surface area contributed by atoms with Crippen LogP contribution in [0.15, 0.2) is 5.38 Å². The third-order valence-electron chi connectivity index (χ3n) is 3.35. The van der Waals surface area contributed by atoms with Gasteiger partial charge in [0.05, 0.1) is 10.7 Å². The van der Waals surface area contributed by atoms with Crippen molar-refractivity contribution in [3.05, 3.63) is 16.1 Å². The van der Waals surface area contributed by atoms with Gasteiger partial charge < -0.3 is 5.32 Å². The van der Waals surface area contributed by atoms with E-state index in [1.54, 1.807) is 11.3 Å². The van der Waals surface area contributed by atoms with E-state index in [-0.39, 0.29) is 0 Å². The summed E-state index contributed by atoms with van der Waals surface area (Å²) in [6.45, 7) is 4.22. The Morgan fingerprint density at radius 1 is 1.56 bits per heavy atom. The molecule has 0 radical (unpaired) electrons. The summed E-state index contributed by atoms with van der Waals surface area (Å²) in [4.78, 5) is 4.57. The molecule has 16 heavy (non-hydrogen) atoms. The summed E-state index contributed by atoms with van der Waals surface area (Å²) in [7, 11) is 0. The van der Waals surface area contributed by atoms with E-state index in [1.807, 2.05) is 11.8 Å². The van der Waals surface area contributed by atoms with E-state index in [9.17, 15) is 0 Å². The molecule has 90 valence electrons. The Balaban J connectivity index is 1.75. The number of aromatic nitrogens is 1. The average molecular weight is 256 g/mol. The highest BCUT2D eigenvalue weighted by Crippen LogP contribution is 2.42. The molecule has 1 N–H and O–H groups in total. The molecule has 2 rings (SSSR count). The second kappa shape index (κ2) is 5.52. The molecule has 0 saturated heterocycles. The first kappa shape index (κ1) is 12.4. The first-order valence-electron chi connectivity index (χ1n) is 5.97. The van der Waals surface area contributed by atoms with Gasteiger partial charge in [-0.1, -0.05) is 13.3 Å². The minimum atomic E-state index is 0.531. The lowest BCUT2D eigenvalue weighted by Gasteiger charge is -2.40. The van der Waals surface area contributed by atoms with Crippen LogP contribution in [0.1, 0.15) is 36.9 Å². The number of thiazole rings is 1. The van der Waals surface area contributed by atoms with Gasteiger partial charge in [-0.3, -0.25) is 0 Å². The topological polar surface area (TPSA) is 24.9 Å². The van der Waals surface area contributed by atoms with Crippen LogP contribution in [0.4, 0.5) is 0 Å². The van der Waals surface area contributed by atoms with Crippen molar-refractivity contribution < 1.29 is 0 Å². The zero-order valence-corrected chi connectivity index (χ0v) is 11.7. The predicted octanol–water partition coefficient (Wildman–Crippen LogP) is 3.08. The molecule has 0 spiro atoms. The van der Waals surface area contributed by atoms with Gasteiger partial charge in [-0.2, -0.15) is 11.8 Å². The van der Waals surface area contributed by atoms with Crippen molar-refractivity contribution in [3.63, 3.8) is 0 Å². The number of thioether (sulfide) groups is 1. The van der Waals surface area contributed by atoms with Crippen molar-refractivity contribution in [2.75, 3.05) is 12.8 Å². The monoisotopic (exact) mass is 256 g/mol. The molecule has 1 aromatic heterocycles. The Morgan fingerprint density at radius 3 is 2.88 bits per heavy atom. The fourth-order valence-corrected chi connectivity index (χ4v) is 3.72.